The van der Waals surface area contributed by atoms with Gasteiger partial charge in [0.15, 0.2) is 11.5 Å². The van der Waals surface area contributed by atoms with Crippen molar-refractivity contribution in [2.45, 2.75) is 25.8 Å². The Kier molecular flexibility index (Phi) is 6.73. The van der Waals surface area contributed by atoms with Crippen molar-refractivity contribution in [3.8, 4) is 22.8 Å². The van der Waals surface area contributed by atoms with Gasteiger partial charge < -0.3 is 24.4 Å². The molecule has 1 aliphatic heterocycles. The van der Waals surface area contributed by atoms with E-state index in [2.05, 4.69) is 10.4 Å². The maximum atomic E-state index is 13.0. The fourth-order valence-corrected chi connectivity index (χ4v) is 5.00. The van der Waals surface area contributed by atoms with Crippen molar-refractivity contribution in [1.29, 1.82) is 0 Å². The summed E-state index contributed by atoms with van der Waals surface area (Å²) in [5, 5.41) is 8.69. The molecule has 0 bridgehead atoms. The van der Waals surface area contributed by atoms with Gasteiger partial charge in [0.05, 0.1) is 25.7 Å². The molecule has 176 valence electrons. The van der Waals surface area contributed by atoms with Gasteiger partial charge in [-0.2, -0.15) is 5.10 Å². The lowest BCUT2D eigenvalue weighted by molar-refractivity contribution is 0.0862. The predicted octanol–water partition coefficient (Wildman–Crippen LogP) is 3.67. The van der Waals surface area contributed by atoms with Gasteiger partial charge in [-0.3, -0.25) is 9.48 Å². The quantitative estimate of drug-likeness (QED) is 0.588. The third-order valence-electron chi connectivity index (χ3n) is 5.75. The van der Waals surface area contributed by atoms with Gasteiger partial charge >= 0.3 is 6.09 Å². The van der Waals surface area contributed by atoms with Crippen LogP contribution >= 0.6 is 11.3 Å². The minimum atomic E-state index is -0.290. The third kappa shape index (κ3) is 4.61. The largest absolute Gasteiger partial charge is 0.493 e. The number of nitrogens with one attached hydrogen (secondary N) is 1. The second kappa shape index (κ2) is 9.70. The number of ether oxygens (including phenoxy) is 3. The molecule has 2 aromatic heterocycles. The van der Waals surface area contributed by atoms with Gasteiger partial charge in [0, 0.05) is 37.1 Å². The minimum Gasteiger partial charge on any atom is -0.493 e. The zero-order valence-corrected chi connectivity index (χ0v) is 20.0. The number of aryl methyl sites for hydroxylation is 1. The van der Waals surface area contributed by atoms with Crippen molar-refractivity contribution in [2.24, 2.45) is 7.05 Å². The summed E-state index contributed by atoms with van der Waals surface area (Å²) in [6.45, 7) is 3.30. The number of aromatic nitrogens is 2. The first-order chi connectivity index (χ1) is 15.9. The lowest BCUT2D eigenvalue weighted by Crippen LogP contribution is -2.46. The summed E-state index contributed by atoms with van der Waals surface area (Å²) in [5.41, 5.74) is 1.67. The average Bonchev–Trinajstić information content (AvgIpc) is 3.40. The summed E-state index contributed by atoms with van der Waals surface area (Å²) >= 11 is 1.41. The lowest BCUT2D eigenvalue weighted by atomic mass is 10.1. The van der Waals surface area contributed by atoms with E-state index in [0.29, 0.717) is 48.9 Å². The van der Waals surface area contributed by atoms with Crippen LogP contribution in [0.15, 0.2) is 24.3 Å². The van der Waals surface area contributed by atoms with Gasteiger partial charge in [0.2, 0.25) is 0 Å². The fraction of sp³-hybridized carbons (Fsp3) is 0.435. The highest BCUT2D eigenvalue weighted by molar-refractivity contribution is 7.20. The van der Waals surface area contributed by atoms with Crippen LogP contribution in [-0.2, 0) is 11.8 Å². The van der Waals surface area contributed by atoms with Crippen molar-refractivity contribution < 1.29 is 23.8 Å². The predicted molar refractivity (Wildman–Crippen MR) is 126 cm³/mol. The first-order valence-electron chi connectivity index (χ1n) is 10.9. The number of carbonyl (C=O) groups excluding carboxylic acids is 2. The third-order valence-corrected chi connectivity index (χ3v) is 6.95. The highest BCUT2D eigenvalue weighted by Gasteiger charge is 2.26. The molecule has 1 saturated heterocycles. The Bertz CT molecular complexity index is 1160. The summed E-state index contributed by atoms with van der Waals surface area (Å²) < 4.78 is 17.6. The molecule has 2 amide bonds. The van der Waals surface area contributed by atoms with E-state index in [4.69, 9.17) is 14.2 Å². The molecule has 3 aromatic rings. The molecule has 1 aliphatic rings. The van der Waals surface area contributed by atoms with E-state index in [1.54, 1.807) is 30.7 Å². The van der Waals surface area contributed by atoms with Gasteiger partial charge in [-0.1, -0.05) is 0 Å². The Labute approximate surface area is 196 Å². The van der Waals surface area contributed by atoms with Crippen molar-refractivity contribution >= 4 is 33.6 Å². The van der Waals surface area contributed by atoms with E-state index in [1.807, 2.05) is 31.3 Å². The summed E-state index contributed by atoms with van der Waals surface area (Å²) in [4.78, 5) is 28.1. The molecule has 33 heavy (non-hydrogen) atoms. The lowest BCUT2D eigenvalue weighted by Gasteiger charge is -2.31. The molecule has 0 spiro atoms. The van der Waals surface area contributed by atoms with Crippen LogP contribution < -0.4 is 14.8 Å². The number of hydrogen-bond acceptors (Lipinski definition) is 7. The van der Waals surface area contributed by atoms with Crippen molar-refractivity contribution in [3.05, 3.63) is 29.1 Å². The Morgan fingerprint density at radius 1 is 1.15 bits per heavy atom. The molecule has 4 rings (SSSR count). The second-order valence-corrected chi connectivity index (χ2v) is 8.84. The minimum absolute atomic E-state index is 0.0248. The summed E-state index contributed by atoms with van der Waals surface area (Å²) in [5.74, 6) is 1.16. The number of methoxy groups -OCH3 is 2. The van der Waals surface area contributed by atoms with Crippen LogP contribution in [0.1, 0.15) is 29.4 Å². The standard InChI is InChI=1S/C23H28N4O5S/c1-5-32-23(29)27-10-8-15(9-11-27)24-21(28)19-13-16-20(25-26(2)22(16)33-19)14-6-7-17(30-3)18(12-14)31-4/h6-7,12-13,15H,5,8-11H2,1-4H3,(H,24,28). The van der Waals surface area contributed by atoms with Crippen molar-refractivity contribution in [2.75, 3.05) is 33.9 Å². The van der Waals surface area contributed by atoms with Crippen LogP contribution in [0.25, 0.3) is 21.5 Å². The van der Waals surface area contributed by atoms with Gasteiger partial charge in [-0.15, -0.1) is 11.3 Å². The number of rotatable bonds is 6. The topological polar surface area (TPSA) is 94.9 Å². The molecule has 0 saturated carbocycles. The molecular weight excluding hydrogens is 444 g/mol. The molecule has 1 N–H and O–H groups in total. The fourth-order valence-electron chi connectivity index (χ4n) is 4.03. The molecule has 0 aliphatic carbocycles. The zero-order chi connectivity index (χ0) is 23.5. The van der Waals surface area contributed by atoms with E-state index >= 15 is 0 Å². The number of amides is 2. The average molecular weight is 473 g/mol. The van der Waals surface area contributed by atoms with Gasteiger partial charge in [0.1, 0.15) is 10.5 Å². The molecule has 0 unspecified atom stereocenters. The molecule has 9 nitrogen and oxygen atoms in total. The van der Waals surface area contributed by atoms with Crippen LogP contribution in [0.3, 0.4) is 0 Å². The molecule has 0 radical (unpaired) electrons. The van der Waals surface area contributed by atoms with Gasteiger partial charge in [-0.05, 0) is 44.0 Å². The van der Waals surface area contributed by atoms with Crippen molar-refractivity contribution in [3.63, 3.8) is 0 Å². The van der Waals surface area contributed by atoms with Crippen LogP contribution in [0.5, 0.6) is 11.5 Å². The normalized spacial score (nSPS) is 14.4. The Balaban J connectivity index is 1.50. The monoisotopic (exact) mass is 472 g/mol. The Morgan fingerprint density at radius 3 is 2.55 bits per heavy atom. The van der Waals surface area contributed by atoms with E-state index in [1.165, 1.54) is 11.3 Å². The number of carbonyl (C=O) groups is 2. The number of hydrogen-bond donors (Lipinski definition) is 1. The molecule has 10 heteroatoms. The maximum Gasteiger partial charge on any atom is 0.409 e. The van der Waals surface area contributed by atoms with Crippen molar-refractivity contribution in [1.82, 2.24) is 20.0 Å². The number of thiophene rings is 1. The number of benzene rings is 1. The smallest absolute Gasteiger partial charge is 0.409 e. The number of piperidine rings is 1. The van der Waals surface area contributed by atoms with Crippen LogP contribution in [-0.4, -0.2) is 66.6 Å². The Hall–Kier alpha value is -3.27. The SMILES string of the molecule is CCOC(=O)N1CCC(NC(=O)c2cc3c(-c4ccc(OC)c(OC)c4)nn(C)c3s2)CC1. The maximum absolute atomic E-state index is 13.0. The highest BCUT2D eigenvalue weighted by atomic mass is 32.1. The Morgan fingerprint density at radius 2 is 1.88 bits per heavy atom. The van der Waals surface area contributed by atoms with Crippen LogP contribution in [0, 0.1) is 0 Å². The molecule has 3 heterocycles. The molecule has 1 aromatic carbocycles. The summed E-state index contributed by atoms with van der Waals surface area (Å²) in [6, 6.07) is 7.57. The number of fused-ring (bicyclic) bond motifs is 1. The molecule has 0 atom stereocenters. The van der Waals surface area contributed by atoms with Gasteiger partial charge in [0.25, 0.3) is 5.91 Å². The molecular formula is C23H28N4O5S. The van der Waals surface area contributed by atoms with Gasteiger partial charge in [-0.25, -0.2) is 4.79 Å². The number of nitrogens with zero attached hydrogens (tertiary/aromatic N) is 3. The van der Waals surface area contributed by atoms with E-state index in [0.717, 1.165) is 21.5 Å². The van der Waals surface area contributed by atoms with Crippen LogP contribution in [0.2, 0.25) is 0 Å². The first kappa shape index (κ1) is 22.9. The van der Waals surface area contributed by atoms with Crippen LogP contribution in [0.4, 0.5) is 4.79 Å². The molecule has 1 fully saturated rings. The summed E-state index contributed by atoms with van der Waals surface area (Å²) in [6.07, 6.45) is 1.11. The van der Waals surface area contributed by atoms with E-state index < -0.39 is 0 Å². The highest BCUT2D eigenvalue weighted by Crippen LogP contribution is 2.37. The zero-order valence-electron chi connectivity index (χ0n) is 19.2. The first-order valence-corrected chi connectivity index (χ1v) is 11.7. The second-order valence-electron chi connectivity index (χ2n) is 7.81. The van der Waals surface area contributed by atoms with E-state index in [-0.39, 0.29) is 18.0 Å². The number of likely N-dealkylation sites (tertiary alicyclic amines) is 1. The van der Waals surface area contributed by atoms with E-state index in [9.17, 15) is 9.59 Å². The summed E-state index contributed by atoms with van der Waals surface area (Å²) in [7, 11) is 5.07.